The number of hydrogen-bond acceptors (Lipinski definition) is 2. The first-order valence-corrected chi connectivity index (χ1v) is 7.17. The maximum absolute atomic E-state index is 12.8. The van der Waals surface area contributed by atoms with Crippen LogP contribution in [0.2, 0.25) is 0 Å². The molecule has 0 atom stereocenters. The molecule has 1 aliphatic rings. The average molecular weight is 300 g/mol. The summed E-state index contributed by atoms with van der Waals surface area (Å²) in [5.74, 6) is -0.441. The molecular formula is C15H19F3N2O. The van der Waals surface area contributed by atoms with Crippen LogP contribution in [0.15, 0.2) is 18.2 Å². The smallest absolute Gasteiger partial charge is 0.385 e. The summed E-state index contributed by atoms with van der Waals surface area (Å²) in [6, 6.07) is 3.30. The van der Waals surface area contributed by atoms with Gasteiger partial charge in [0, 0.05) is 18.3 Å². The highest BCUT2D eigenvalue weighted by atomic mass is 19.4. The lowest BCUT2D eigenvalue weighted by molar-refractivity contribution is -0.137. The average Bonchev–Trinajstić information content (AvgIpc) is 2.91. The van der Waals surface area contributed by atoms with Crippen molar-refractivity contribution < 1.29 is 18.0 Å². The minimum Gasteiger partial charge on any atom is -0.385 e. The lowest BCUT2D eigenvalue weighted by atomic mass is 10.1. The number of halogens is 3. The van der Waals surface area contributed by atoms with E-state index in [2.05, 4.69) is 10.6 Å². The van der Waals surface area contributed by atoms with E-state index in [1.165, 1.54) is 6.07 Å². The fraction of sp³-hybridized carbons (Fsp3) is 0.533. The molecule has 1 amide bonds. The molecule has 1 aromatic carbocycles. The molecule has 116 valence electrons. The van der Waals surface area contributed by atoms with Crippen LogP contribution in [0.1, 0.15) is 48.5 Å². The Balaban J connectivity index is 2.26. The summed E-state index contributed by atoms with van der Waals surface area (Å²) in [5.41, 5.74) is -0.319. The monoisotopic (exact) mass is 300 g/mol. The van der Waals surface area contributed by atoms with Crippen LogP contribution in [-0.4, -0.2) is 18.5 Å². The Morgan fingerprint density at radius 3 is 2.52 bits per heavy atom. The van der Waals surface area contributed by atoms with Crippen LogP contribution in [0.5, 0.6) is 0 Å². The summed E-state index contributed by atoms with van der Waals surface area (Å²) in [6.07, 6.45) is -0.573. The lowest BCUT2D eigenvalue weighted by Gasteiger charge is -2.17. The van der Waals surface area contributed by atoms with Crippen LogP contribution in [0.25, 0.3) is 0 Å². The van der Waals surface area contributed by atoms with Gasteiger partial charge < -0.3 is 10.6 Å². The van der Waals surface area contributed by atoms with Crippen molar-refractivity contribution in [2.45, 2.75) is 44.8 Å². The Kier molecular flexibility index (Phi) is 4.75. The molecule has 0 unspecified atom stereocenters. The summed E-state index contributed by atoms with van der Waals surface area (Å²) >= 11 is 0. The Morgan fingerprint density at radius 1 is 1.29 bits per heavy atom. The van der Waals surface area contributed by atoms with Gasteiger partial charge in [-0.05, 0) is 38.0 Å². The predicted molar refractivity (Wildman–Crippen MR) is 75.3 cm³/mol. The van der Waals surface area contributed by atoms with Gasteiger partial charge in [-0.1, -0.05) is 12.8 Å². The molecule has 3 nitrogen and oxygen atoms in total. The zero-order chi connectivity index (χ0) is 15.5. The first-order valence-electron chi connectivity index (χ1n) is 7.17. The van der Waals surface area contributed by atoms with E-state index in [4.69, 9.17) is 0 Å². The molecule has 21 heavy (non-hydrogen) atoms. The quantitative estimate of drug-likeness (QED) is 0.888. The zero-order valence-corrected chi connectivity index (χ0v) is 11.9. The fourth-order valence-electron chi connectivity index (χ4n) is 2.59. The van der Waals surface area contributed by atoms with Crippen LogP contribution >= 0.6 is 0 Å². The van der Waals surface area contributed by atoms with Gasteiger partial charge in [0.2, 0.25) is 0 Å². The molecule has 2 rings (SSSR count). The maximum Gasteiger partial charge on any atom is 0.416 e. The van der Waals surface area contributed by atoms with Crippen molar-refractivity contribution in [3.63, 3.8) is 0 Å². The number of amides is 1. The number of carbonyl (C=O) groups excluding carboxylic acids is 1. The minimum absolute atomic E-state index is 0.0542. The molecule has 1 fully saturated rings. The second-order valence-electron chi connectivity index (χ2n) is 5.24. The fourth-order valence-corrected chi connectivity index (χ4v) is 2.59. The van der Waals surface area contributed by atoms with Gasteiger partial charge in [-0.15, -0.1) is 0 Å². The van der Waals surface area contributed by atoms with E-state index in [0.29, 0.717) is 12.2 Å². The van der Waals surface area contributed by atoms with Crippen molar-refractivity contribution in [3.8, 4) is 0 Å². The van der Waals surface area contributed by atoms with Crippen molar-refractivity contribution >= 4 is 11.6 Å². The van der Waals surface area contributed by atoms with Crippen LogP contribution in [0.4, 0.5) is 18.9 Å². The Morgan fingerprint density at radius 2 is 1.95 bits per heavy atom. The van der Waals surface area contributed by atoms with Gasteiger partial charge >= 0.3 is 6.18 Å². The van der Waals surface area contributed by atoms with E-state index in [1.54, 1.807) is 0 Å². The third kappa shape index (κ3) is 3.89. The van der Waals surface area contributed by atoms with Crippen molar-refractivity contribution in [2.75, 3.05) is 11.9 Å². The van der Waals surface area contributed by atoms with E-state index in [0.717, 1.165) is 37.8 Å². The molecule has 0 aromatic heterocycles. The van der Waals surface area contributed by atoms with E-state index in [-0.39, 0.29) is 11.6 Å². The van der Waals surface area contributed by atoms with Crippen molar-refractivity contribution in [3.05, 3.63) is 29.3 Å². The standard InChI is InChI=1S/C15H19F3N2O/c1-2-19-13-8-7-10(15(16,17)18)9-12(13)14(21)20-11-5-3-4-6-11/h7-9,11,19H,2-6H2,1H3,(H,20,21). The summed E-state index contributed by atoms with van der Waals surface area (Å²) < 4.78 is 38.4. The molecule has 0 spiro atoms. The molecule has 1 aromatic rings. The van der Waals surface area contributed by atoms with Gasteiger partial charge in [-0.25, -0.2) is 0 Å². The van der Waals surface area contributed by atoms with Crippen molar-refractivity contribution in [1.29, 1.82) is 0 Å². The second-order valence-corrected chi connectivity index (χ2v) is 5.24. The lowest BCUT2D eigenvalue weighted by Crippen LogP contribution is -2.33. The van der Waals surface area contributed by atoms with Gasteiger partial charge in [0.05, 0.1) is 11.1 Å². The largest absolute Gasteiger partial charge is 0.416 e. The van der Waals surface area contributed by atoms with Gasteiger partial charge in [0.25, 0.3) is 5.91 Å². The van der Waals surface area contributed by atoms with Crippen LogP contribution in [-0.2, 0) is 6.18 Å². The maximum atomic E-state index is 12.8. The molecule has 2 N–H and O–H groups in total. The van der Waals surface area contributed by atoms with Gasteiger partial charge in [0.15, 0.2) is 0 Å². The number of benzene rings is 1. The van der Waals surface area contributed by atoms with Crippen molar-refractivity contribution in [2.24, 2.45) is 0 Å². The molecule has 0 heterocycles. The summed E-state index contributed by atoms with van der Waals surface area (Å²) in [6.45, 7) is 2.37. The topological polar surface area (TPSA) is 41.1 Å². The normalized spacial score (nSPS) is 16.0. The number of anilines is 1. The van der Waals surface area contributed by atoms with Crippen LogP contribution in [0.3, 0.4) is 0 Å². The minimum atomic E-state index is -4.45. The predicted octanol–water partition coefficient (Wildman–Crippen LogP) is 3.81. The van der Waals surface area contributed by atoms with E-state index in [9.17, 15) is 18.0 Å². The number of rotatable bonds is 4. The Labute approximate surface area is 121 Å². The van der Waals surface area contributed by atoms with Gasteiger partial charge in [-0.3, -0.25) is 4.79 Å². The molecule has 6 heteroatoms. The first kappa shape index (κ1) is 15.7. The highest BCUT2D eigenvalue weighted by molar-refractivity contribution is 6.00. The third-order valence-electron chi connectivity index (χ3n) is 3.65. The van der Waals surface area contributed by atoms with Crippen molar-refractivity contribution in [1.82, 2.24) is 5.32 Å². The van der Waals surface area contributed by atoms with Crippen LogP contribution in [0, 0.1) is 0 Å². The third-order valence-corrected chi connectivity index (χ3v) is 3.65. The van der Waals surface area contributed by atoms with Gasteiger partial charge in [0.1, 0.15) is 0 Å². The second kappa shape index (κ2) is 6.37. The molecule has 1 aliphatic carbocycles. The van der Waals surface area contributed by atoms with Gasteiger partial charge in [-0.2, -0.15) is 13.2 Å². The first-order chi connectivity index (χ1) is 9.91. The Bertz CT molecular complexity index is 508. The molecule has 0 aliphatic heterocycles. The number of hydrogen-bond donors (Lipinski definition) is 2. The molecule has 0 saturated heterocycles. The molecule has 0 radical (unpaired) electrons. The number of alkyl halides is 3. The highest BCUT2D eigenvalue weighted by Crippen LogP contribution is 2.32. The number of nitrogens with one attached hydrogen (secondary N) is 2. The summed E-state index contributed by atoms with van der Waals surface area (Å²) in [7, 11) is 0. The SMILES string of the molecule is CCNc1ccc(C(F)(F)F)cc1C(=O)NC1CCCC1. The highest BCUT2D eigenvalue weighted by Gasteiger charge is 2.32. The molecule has 0 bridgehead atoms. The summed E-state index contributed by atoms with van der Waals surface area (Å²) in [5, 5.41) is 5.76. The van der Waals surface area contributed by atoms with Crippen LogP contribution < -0.4 is 10.6 Å². The van der Waals surface area contributed by atoms with E-state index >= 15 is 0 Å². The van der Waals surface area contributed by atoms with E-state index in [1.807, 2.05) is 6.92 Å². The van der Waals surface area contributed by atoms with E-state index < -0.39 is 17.6 Å². The summed E-state index contributed by atoms with van der Waals surface area (Å²) in [4.78, 5) is 12.3. The number of carbonyl (C=O) groups is 1. The molecular weight excluding hydrogens is 281 g/mol. The Hall–Kier alpha value is -1.72. The zero-order valence-electron chi connectivity index (χ0n) is 11.9. The molecule has 1 saturated carbocycles.